The third-order valence-corrected chi connectivity index (χ3v) is 5.03. The van der Waals surface area contributed by atoms with Gasteiger partial charge in [0.2, 0.25) is 0 Å². The molecule has 0 atom stereocenters. The Balaban J connectivity index is 0.000000817. The number of benzene rings is 2. The van der Waals surface area contributed by atoms with Crippen molar-refractivity contribution < 1.29 is 16.8 Å². The van der Waals surface area contributed by atoms with E-state index in [0.717, 1.165) is 22.3 Å². The lowest BCUT2D eigenvalue weighted by Crippen LogP contribution is -1.97. The van der Waals surface area contributed by atoms with Gasteiger partial charge in [-0.2, -0.15) is 8.42 Å². The van der Waals surface area contributed by atoms with Gasteiger partial charge in [-0.1, -0.05) is 42.0 Å². The van der Waals surface area contributed by atoms with Crippen molar-refractivity contribution in [3.63, 3.8) is 0 Å². The van der Waals surface area contributed by atoms with Crippen molar-refractivity contribution in [1.29, 1.82) is 0 Å². The van der Waals surface area contributed by atoms with Gasteiger partial charge in [-0.3, -0.25) is 0 Å². The maximum absolute atomic E-state index is 11.6. The molecule has 0 saturated heterocycles. The van der Waals surface area contributed by atoms with Gasteiger partial charge >= 0.3 is 11.6 Å². The fourth-order valence-corrected chi connectivity index (χ4v) is 3.12. The van der Waals surface area contributed by atoms with Gasteiger partial charge < -0.3 is 5.73 Å². The van der Waals surface area contributed by atoms with Gasteiger partial charge in [0.15, 0.2) is 9.84 Å². The smallest absolute Gasteiger partial charge is 0.335 e. The summed E-state index contributed by atoms with van der Waals surface area (Å²) >= 11 is -0.750. The molecule has 0 aliphatic heterocycles. The second kappa shape index (κ2) is 8.70. The summed E-state index contributed by atoms with van der Waals surface area (Å²) in [6, 6.07) is 16.8. The molecular formula is C19H18N2O4S2. The number of sulfone groups is 1. The maximum Gasteiger partial charge on any atom is 0.335 e. The summed E-state index contributed by atoms with van der Waals surface area (Å²) in [6.07, 6.45) is 2.89. The third kappa shape index (κ3) is 5.32. The number of hydrogen-bond acceptors (Lipinski definition) is 6. The molecule has 27 heavy (non-hydrogen) atoms. The summed E-state index contributed by atoms with van der Waals surface area (Å²) in [5.74, 6) is 0.468. The molecule has 0 fully saturated rings. The monoisotopic (exact) mass is 402 g/mol. The number of aromatic nitrogens is 1. The minimum Gasteiger partial charge on any atom is -0.383 e. The number of pyridine rings is 1. The van der Waals surface area contributed by atoms with Crippen LogP contribution in [0.15, 0.2) is 65.7 Å². The van der Waals surface area contributed by atoms with E-state index in [1.54, 1.807) is 30.5 Å². The largest absolute Gasteiger partial charge is 0.383 e. The predicted octanol–water partition coefficient (Wildman–Crippen LogP) is 3.04. The van der Waals surface area contributed by atoms with E-state index in [9.17, 15) is 8.42 Å². The Morgan fingerprint density at radius 3 is 1.93 bits per heavy atom. The van der Waals surface area contributed by atoms with Gasteiger partial charge in [-0.15, -0.1) is 0 Å². The highest BCUT2D eigenvalue weighted by atomic mass is 32.2. The van der Waals surface area contributed by atoms with Crippen LogP contribution in [0.3, 0.4) is 0 Å². The van der Waals surface area contributed by atoms with E-state index in [0.29, 0.717) is 10.7 Å². The van der Waals surface area contributed by atoms with Gasteiger partial charge in [-0.05, 0) is 36.2 Å². The molecule has 140 valence electrons. The zero-order valence-corrected chi connectivity index (χ0v) is 16.4. The standard InChI is InChI=1S/C19H18N2O2S.O2S/c1-13-3-5-15(6-4-13)18-11-16(12-21-19(18)20)14-7-9-17(10-8-14)24(2,22)23;1-3-2/h3-12H,1-2H3,(H2,20,21);. The van der Waals surface area contributed by atoms with Crippen molar-refractivity contribution in [3.05, 3.63) is 66.4 Å². The third-order valence-electron chi connectivity index (χ3n) is 3.90. The Kier molecular flexibility index (Phi) is 6.59. The molecule has 6 nitrogen and oxygen atoms in total. The van der Waals surface area contributed by atoms with Crippen molar-refractivity contribution >= 4 is 27.2 Å². The van der Waals surface area contributed by atoms with E-state index < -0.39 is 21.4 Å². The Morgan fingerprint density at radius 2 is 1.41 bits per heavy atom. The molecule has 0 bridgehead atoms. The minimum atomic E-state index is -3.20. The van der Waals surface area contributed by atoms with Crippen LogP contribution >= 0.6 is 0 Å². The van der Waals surface area contributed by atoms with Gasteiger partial charge in [-0.25, -0.2) is 13.4 Å². The molecule has 2 aromatic carbocycles. The molecule has 0 saturated carbocycles. The topological polar surface area (TPSA) is 107 Å². The van der Waals surface area contributed by atoms with Crippen LogP contribution in [0.25, 0.3) is 22.3 Å². The summed E-state index contributed by atoms with van der Waals surface area (Å²) in [4.78, 5) is 4.58. The number of aryl methyl sites for hydroxylation is 1. The molecule has 0 unspecified atom stereocenters. The second-order valence-corrected chi connectivity index (χ2v) is 8.04. The number of nitrogen functional groups attached to an aromatic ring is 1. The molecule has 3 aromatic rings. The summed E-state index contributed by atoms with van der Waals surface area (Å²) in [7, 11) is -3.20. The van der Waals surface area contributed by atoms with Crippen LogP contribution in [-0.4, -0.2) is 28.1 Å². The summed E-state index contributed by atoms with van der Waals surface area (Å²) < 4.78 is 39.7. The SMILES string of the molecule is Cc1ccc(-c2cc(-c3ccc(S(C)(=O)=O)cc3)cnc2N)cc1.O=S=O. The lowest BCUT2D eigenvalue weighted by atomic mass is 10.0. The van der Waals surface area contributed by atoms with Gasteiger partial charge in [0.25, 0.3) is 0 Å². The van der Waals surface area contributed by atoms with Crippen LogP contribution in [0.4, 0.5) is 5.82 Å². The molecule has 2 N–H and O–H groups in total. The van der Waals surface area contributed by atoms with Crippen molar-refractivity contribution in [2.45, 2.75) is 11.8 Å². The Hall–Kier alpha value is -2.84. The first-order valence-electron chi connectivity index (χ1n) is 7.81. The Morgan fingerprint density at radius 1 is 0.889 bits per heavy atom. The van der Waals surface area contributed by atoms with E-state index in [4.69, 9.17) is 14.2 Å². The van der Waals surface area contributed by atoms with Gasteiger partial charge in [0.1, 0.15) is 5.82 Å². The van der Waals surface area contributed by atoms with Crippen molar-refractivity contribution in [1.82, 2.24) is 4.98 Å². The van der Waals surface area contributed by atoms with E-state index in [-0.39, 0.29) is 0 Å². The molecule has 1 aromatic heterocycles. The van der Waals surface area contributed by atoms with Crippen molar-refractivity contribution in [3.8, 4) is 22.3 Å². The van der Waals surface area contributed by atoms with Crippen LogP contribution < -0.4 is 5.73 Å². The summed E-state index contributed by atoms with van der Waals surface area (Å²) in [5, 5.41) is 0. The fourth-order valence-electron chi connectivity index (χ4n) is 2.49. The molecule has 0 aliphatic carbocycles. The quantitative estimate of drug-likeness (QED) is 0.721. The van der Waals surface area contributed by atoms with E-state index in [1.807, 2.05) is 37.3 Å². The number of hydrogen-bond donors (Lipinski definition) is 1. The first-order chi connectivity index (χ1) is 12.8. The maximum atomic E-state index is 11.6. The average molecular weight is 402 g/mol. The zero-order valence-electron chi connectivity index (χ0n) is 14.7. The molecular weight excluding hydrogens is 384 g/mol. The molecule has 8 heteroatoms. The normalized spacial score (nSPS) is 10.6. The van der Waals surface area contributed by atoms with Crippen LogP contribution in [0.2, 0.25) is 0 Å². The first kappa shape index (κ1) is 20.5. The lowest BCUT2D eigenvalue weighted by Gasteiger charge is -2.09. The van der Waals surface area contributed by atoms with E-state index >= 15 is 0 Å². The number of nitrogens with two attached hydrogens (primary N) is 1. The highest BCUT2D eigenvalue weighted by molar-refractivity contribution is 7.90. The molecule has 0 aliphatic rings. The van der Waals surface area contributed by atoms with Crippen LogP contribution in [-0.2, 0) is 21.4 Å². The van der Waals surface area contributed by atoms with Crippen molar-refractivity contribution in [2.24, 2.45) is 0 Å². The molecule has 3 rings (SSSR count). The summed E-state index contributed by atoms with van der Waals surface area (Å²) in [6.45, 7) is 2.03. The van der Waals surface area contributed by atoms with Crippen LogP contribution in [0.5, 0.6) is 0 Å². The number of nitrogens with zero attached hydrogens (tertiary/aromatic N) is 1. The average Bonchev–Trinajstić information content (AvgIpc) is 2.63. The highest BCUT2D eigenvalue weighted by Gasteiger charge is 2.09. The van der Waals surface area contributed by atoms with Gasteiger partial charge in [0, 0.05) is 23.6 Å². The predicted molar refractivity (Wildman–Crippen MR) is 106 cm³/mol. The van der Waals surface area contributed by atoms with Crippen molar-refractivity contribution in [2.75, 3.05) is 12.0 Å². The van der Waals surface area contributed by atoms with Gasteiger partial charge in [0.05, 0.1) is 4.90 Å². The molecule has 0 radical (unpaired) electrons. The molecule has 0 amide bonds. The Labute approximate surface area is 161 Å². The second-order valence-electron chi connectivity index (χ2n) is 5.89. The number of rotatable bonds is 3. The molecule has 1 heterocycles. The fraction of sp³-hybridized carbons (Fsp3) is 0.105. The molecule has 0 spiro atoms. The van der Waals surface area contributed by atoms with E-state index in [2.05, 4.69) is 4.98 Å². The minimum absolute atomic E-state index is 0.299. The highest BCUT2D eigenvalue weighted by Crippen LogP contribution is 2.30. The zero-order chi connectivity index (χ0) is 20.0. The van der Waals surface area contributed by atoms with Crippen LogP contribution in [0.1, 0.15) is 5.56 Å². The van der Waals surface area contributed by atoms with Crippen LogP contribution in [0, 0.1) is 6.92 Å². The Bertz CT molecular complexity index is 1070. The van der Waals surface area contributed by atoms with E-state index in [1.165, 1.54) is 11.8 Å². The number of anilines is 1. The summed E-state index contributed by atoms with van der Waals surface area (Å²) in [5.41, 5.74) is 10.8. The lowest BCUT2D eigenvalue weighted by molar-refractivity contribution is 0.602. The first-order valence-corrected chi connectivity index (χ1v) is 10.4.